The zero-order chi connectivity index (χ0) is 12.1. The highest BCUT2D eigenvalue weighted by Gasteiger charge is 2.14. The lowest BCUT2D eigenvalue weighted by Gasteiger charge is -2.28. The van der Waals surface area contributed by atoms with Gasteiger partial charge in [0.25, 0.3) is 0 Å². The first-order chi connectivity index (χ1) is 8.27. The normalized spacial score (nSPS) is 19.2. The fourth-order valence-corrected chi connectivity index (χ4v) is 2.12. The first-order valence-electron chi connectivity index (χ1n) is 6.18. The Labute approximate surface area is 101 Å². The second-order valence-electron chi connectivity index (χ2n) is 4.45. The minimum atomic E-state index is -0.793. The van der Waals surface area contributed by atoms with Crippen LogP contribution in [0, 0.1) is 5.82 Å². The van der Waals surface area contributed by atoms with Crippen LogP contribution in [-0.4, -0.2) is 29.7 Å². The zero-order valence-corrected chi connectivity index (χ0v) is 9.90. The Bertz CT molecular complexity index is 353. The van der Waals surface area contributed by atoms with Crippen LogP contribution in [0.4, 0.5) is 4.39 Å². The van der Waals surface area contributed by atoms with E-state index in [1.165, 1.54) is 25.3 Å². The number of hydrazine groups is 1. The van der Waals surface area contributed by atoms with Crippen LogP contribution in [0.2, 0.25) is 0 Å². The van der Waals surface area contributed by atoms with Gasteiger partial charge in [-0.2, -0.15) is 0 Å². The van der Waals surface area contributed by atoms with E-state index in [2.05, 4.69) is 10.4 Å². The van der Waals surface area contributed by atoms with Crippen LogP contribution in [0.25, 0.3) is 0 Å². The van der Waals surface area contributed by atoms with Crippen LogP contribution >= 0.6 is 0 Å². The van der Waals surface area contributed by atoms with Crippen molar-refractivity contribution in [1.82, 2.24) is 10.4 Å². The Hall–Kier alpha value is -0.970. The van der Waals surface area contributed by atoms with E-state index in [1.807, 2.05) is 0 Å². The van der Waals surface area contributed by atoms with Gasteiger partial charge < -0.3 is 5.11 Å². The van der Waals surface area contributed by atoms with Crippen LogP contribution < -0.4 is 5.43 Å². The van der Waals surface area contributed by atoms with E-state index in [9.17, 15) is 9.50 Å². The molecule has 0 aliphatic carbocycles. The third-order valence-corrected chi connectivity index (χ3v) is 3.13. The highest BCUT2D eigenvalue weighted by atomic mass is 19.1. The predicted octanol–water partition coefficient (Wildman–Crippen LogP) is 1.85. The van der Waals surface area contributed by atoms with Gasteiger partial charge in [0.1, 0.15) is 5.82 Å². The Balaban J connectivity index is 1.84. The SMILES string of the molecule is OC(CNN1CCCCC1)c1ccccc1F. The first-order valence-corrected chi connectivity index (χ1v) is 6.18. The summed E-state index contributed by atoms with van der Waals surface area (Å²) in [5.74, 6) is -0.347. The summed E-state index contributed by atoms with van der Waals surface area (Å²) in [7, 11) is 0. The van der Waals surface area contributed by atoms with E-state index in [1.54, 1.807) is 18.2 Å². The third-order valence-electron chi connectivity index (χ3n) is 3.13. The highest BCUT2D eigenvalue weighted by molar-refractivity contribution is 5.19. The topological polar surface area (TPSA) is 35.5 Å². The minimum absolute atomic E-state index is 0.347. The Morgan fingerprint density at radius 2 is 1.94 bits per heavy atom. The summed E-state index contributed by atoms with van der Waals surface area (Å²) < 4.78 is 13.4. The predicted molar refractivity (Wildman–Crippen MR) is 64.8 cm³/mol. The number of piperidine rings is 1. The van der Waals surface area contributed by atoms with Crippen molar-refractivity contribution in [2.75, 3.05) is 19.6 Å². The molecule has 1 atom stereocenters. The molecule has 0 spiro atoms. The van der Waals surface area contributed by atoms with Gasteiger partial charge >= 0.3 is 0 Å². The minimum Gasteiger partial charge on any atom is -0.387 e. The maximum Gasteiger partial charge on any atom is 0.129 e. The standard InChI is InChI=1S/C13H19FN2O/c14-12-7-3-2-6-11(12)13(17)10-15-16-8-4-1-5-9-16/h2-3,6-7,13,15,17H,1,4-5,8-10H2. The molecule has 3 nitrogen and oxygen atoms in total. The molecule has 1 heterocycles. The molecule has 1 aliphatic heterocycles. The Morgan fingerprint density at radius 3 is 2.65 bits per heavy atom. The van der Waals surface area contributed by atoms with Gasteiger partial charge in [-0.15, -0.1) is 0 Å². The maximum atomic E-state index is 13.4. The van der Waals surface area contributed by atoms with E-state index in [0.29, 0.717) is 12.1 Å². The summed E-state index contributed by atoms with van der Waals surface area (Å²) in [5, 5.41) is 12.0. The number of halogens is 1. The number of rotatable bonds is 4. The average molecular weight is 238 g/mol. The molecule has 1 unspecified atom stereocenters. The molecule has 0 bridgehead atoms. The summed E-state index contributed by atoms with van der Waals surface area (Å²) in [4.78, 5) is 0. The molecule has 17 heavy (non-hydrogen) atoms. The van der Waals surface area contributed by atoms with Gasteiger partial charge in [-0.1, -0.05) is 24.6 Å². The van der Waals surface area contributed by atoms with Gasteiger partial charge in [0, 0.05) is 25.2 Å². The molecule has 0 saturated carbocycles. The molecule has 1 saturated heterocycles. The molecule has 2 N–H and O–H groups in total. The maximum absolute atomic E-state index is 13.4. The van der Waals surface area contributed by atoms with Crippen LogP contribution in [0.1, 0.15) is 30.9 Å². The number of nitrogens with one attached hydrogen (secondary N) is 1. The van der Waals surface area contributed by atoms with Gasteiger partial charge in [-0.3, -0.25) is 5.43 Å². The summed E-state index contributed by atoms with van der Waals surface area (Å²) in [5.41, 5.74) is 3.52. The van der Waals surface area contributed by atoms with E-state index < -0.39 is 6.10 Å². The lowest BCUT2D eigenvalue weighted by Crippen LogP contribution is -2.43. The van der Waals surface area contributed by atoms with E-state index >= 15 is 0 Å². The van der Waals surface area contributed by atoms with Crippen molar-refractivity contribution in [1.29, 1.82) is 0 Å². The number of aliphatic hydroxyl groups is 1. The molecule has 94 valence electrons. The van der Waals surface area contributed by atoms with Crippen molar-refractivity contribution in [2.24, 2.45) is 0 Å². The van der Waals surface area contributed by atoms with E-state index in [4.69, 9.17) is 0 Å². The van der Waals surface area contributed by atoms with Crippen molar-refractivity contribution in [2.45, 2.75) is 25.4 Å². The fourth-order valence-electron chi connectivity index (χ4n) is 2.12. The smallest absolute Gasteiger partial charge is 0.129 e. The molecular formula is C13H19FN2O. The summed E-state index contributed by atoms with van der Waals surface area (Å²) in [6.07, 6.45) is 2.85. The molecule has 1 aromatic rings. The Kier molecular flexibility index (Phi) is 4.48. The van der Waals surface area contributed by atoms with Crippen LogP contribution in [0.5, 0.6) is 0 Å². The second kappa shape index (κ2) is 6.10. The number of benzene rings is 1. The summed E-state index contributed by atoms with van der Waals surface area (Å²) >= 11 is 0. The number of aliphatic hydroxyl groups excluding tert-OH is 1. The van der Waals surface area contributed by atoms with Gasteiger partial charge in [0.05, 0.1) is 6.10 Å². The monoisotopic (exact) mass is 238 g/mol. The second-order valence-corrected chi connectivity index (χ2v) is 4.45. The molecule has 0 aromatic heterocycles. The van der Waals surface area contributed by atoms with Crippen molar-refractivity contribution in [3.8, 4) is 0 Å². The van der Waals surface area contributed by atoms with E-state index in [-0.39, 0.29) is 5.82 Å². The number of hydrogen-bond donors (Lipinski definition) is 2. The molecule has 1 aromatic carbocycles. The zero-order valence-electron chi connectivity index (χ0n) is 9.90. The van der Waals surface area contributed by atoms with Crippen molar-refractivity contribution in [3.63, 3.8) is 0 Å². The van der Waals surface area contributed by atoms with Crippen LogP contribution in [0.3, 0.4) is 0 Å². The van der Waals surface area contributed by atoms with Crippen molar-refractivity contribution in [3.05, 3.63) is 35.6 Å². The van der Waals surface area contributed by atoms with Crippen molar-refractivity contribution >= 4 is 0 Å². The van der Waals surface area contributed by atoms with Crippen LogP contribution in [0.15, 0.2) is 24.3 Å². The number of nitrogens with zero attached hydrogens (tertiary/aromatic N) is 1. The van der Waals surface area contributed by atoms with Gasteiger partial charge in [0.15, 0.2) is 0 Å². The molecule has 0 amide bonds. The quantitative estimate of drug-likeness (QED) is 0.840. The van der Waals surface area contributed by atoms with E-state index in [0.717, 1.165) is 13.1 Å². The lowest BCUT2D eigenvalue weighted by atomic mass is 10.1. The fraction of sp³-hybridized carbons (Fsp3) is 0.538. The highest BCUT2D eigenvalue weighted by Crippen LogP contribution is 2.16. The molecule has 0 radical (unpaired) electrons. The largest absolute Gasteiger partial charge is 0.387 e. The molecular weight excluding hydrogens is 219 g/mol. The molecule has 1 aliphatic rings. The van der Waals surface area contributed by atoms with Crippen molar-refractivity contribution < 1.29 is 9.50 Å². The lowest BCUT2D eigenvalue weighted by molar-refractivity contribution is 0.0978. The molecule has 4 heteroatoms. The molecule has 2 rings (SSSR count). The van der Waals surface area contributed by atoms with Gasteiger partial charge in [-0.05, 0) is 18.9 Å². The molecule has 1 fully saturated rings. The average Bonchev–Trinajstić information content (AvgIpc) is 2.38. The van der Waals surface area contributed by atoms with Gasteiger partial charge in [-0.25, -0.2) is 9.40 Å². The van der Waals surface area contributed by atoms with Crippen LogP contribution in [-0.2, 0) is 0 Å². The summed E-state index contributed by atoms with van der Waals surface area (Å²) in [6, 6.07) is 6.36. The Morgan fingerprint density at radius 1 is 1.24 bits per heavy atom. The first kappa shape index (κ1) is 12.5. The van der Waals surface area contributed by atoms with Gasteiger partial charge in [0.2, 0.25) is 0 Å². The number of hydrogen-bond acceptors (Lipinski definition) is 3. The third kappa shape index (κ3) is 3.49. The summed E-state index contributed by atoms with van der Waals surface area (Å²) in [6.45, 7) is 2.37.